The molecule has 1 unspecified atom stereocenters. The van der Waals surface area contributed by atoms with Gasteiger partial charge in [0.05, 0.1) is 19.1 Å². The first-order valence-electron chi connectivity index (χ1n) is 3.32. The van der Waals surface area contributed by atoms with E-state index in [-0.39, 0.29) is 5.92 Å². The molecule has 1 rings (SSSR count). The van der Waals surface area contributed by atoms with E-state index in [0.717, 1.165) is 6.54 Å². The number of carboxylic acid groups (broad SMARTS) is 1. The fourth-order valence-electron chi connectivity index (χ4n) is 0.864. The van der Waals surface area contributed by atoms with Crippen molar-refractivity contribution in [2.24, 2.45) is 5.92 Å². The Kier molecular flexibility index (Phi) is 2.65. The maximum atomic E-state index is 10.4. The molecule has 1 heterocycles. The van der Waals surface area contributed by atoms with Crippen molar-refractivity contribution in [3.63, 3.8) is 0 Å². The molecule has 0 aromatic carbocycles. The van der Waals surface area contributed by atoms with Gasteiger partial charge in [-0.05, 0) is 0 Å². The van der Waals surface area contributed by atoms with Crippen LogP contribution in [-0.4, -0.2) is 37.4 Å². The van der Waals surface area contributed by atoms with Crippen molar-refractivity contribution in [3.8, 4) is 0 Å². The molecule has 0 radical (unpaired) electrons. The van der Waals surface area contributed by atoms with Gasteiger partial charge in [-0.1, -0.05) is 0 Å². The SMILES string of the molecule is O=C(O)C1CNCCOC1. The van der Waals surface area contributed by atoms with E-state index in [4.69, 9.17) is 9.84 Å². The van der Waals surface area contributed by atoms with Crippen LogP contribution in [0.25, 0.3) is 0 Å². The van der Waals surface area contributed by atoms with Crippen LogP contribution in [0.15, 0.2) is 0 Å². The number of aliphatic carboxylic acids is 1. The molecule has 0 spiro atoms. The smallest absolute Gasteiger partial charge is 0.310 e. The lowest BCUT2D eigenvalue weighted by molar-refractivity contribution is -0.143. The Morgan fingerprint density at radius 1 is 1.70 bits per heavy atom. The van der Waals surface area contributed by atoms with Gasteiger partial charge in [-0.25, -0.2) is 0 Å². The van der Waals surface area contributed by atoms with Crippen molar-refractivity contribution >= 4 is 5.97 Å². The monoisotopic (exact) mass is 145 g/mol. The molecular formula is C6H11NO3. The molecule has 10 heavy (non-hydrogen) atoms. The number of rotatable bonds is 1. The van der Waals surface area contributed by atoms with Crippen LogP contribution < -0.4 is 5.32 Å². The number of carboxylic acids is 1. The molecule has 1 saturated heterocycles. The summed E-state index contributed by atoms with van der Waals surface area (Å²) in [5, 5.41) is 11.5. The first kappa shape index (κ1) is 7.50. The van der Waals surface area contributed by atoms with Crippen molar-refractivity contribution in [1.82, 2.24) is 5.32 Å². The first-order chi connectivity index (χ1) is 4.80. The summed E-state index contributed by atoms with van der Waals surface area (Å²) in [5.41, 5.74) is 0. The zero-order chi connectivity index (χ0) is 7.40. The zero-order valence-corrected chi connectivity index (χ0v) is 5.67. The van der Waals surface area contributed by atoms with E-state index in [1.807, 2.05) is 0 Å². The Morgan fingerprint density at radius 3 is 3.20 bits per heavy atom. The molecule has 1 atom stereocenters. The Bertz CT molecular complexity index is 118. The molecule has 58 valence electrons. The minimum atomic E-state index is -0.783. The van der Waals surface area contributed by atoms with Crippen molar-refractivity contribution < 1.29 is 14.6 Å². The number of nitrogens with one attached hydrogen (secondary N) is 1. The third-order valence-corrected chi connectivity index (χ3v) is 1.48. The summed E-state index contributed by atoms with van der Waals surface area (Å²) >= 11 is 0. The molecule has 1 aliphatic heterocycles. The fourth-order valence-corrected chi connectivity index (χ4v) is 0.864. The molecule has 0 bridgehead atoms. The fraction of sp³-hybridized carbons (Fsp3) is 0.833. The number of carbonyl (C=O) groups is 1. The molecule has 4 heteroatoms. The number of hydrogen-bond acceptors (Lipinski definition) is 3. The van der Waals surface area contributed by atoms with Crippen molar-refractivity contribution in [1.29, 1.82) is 0 Å². The van der Waals surface area contributed by atoms with Gasteiger partial charge in [0.1, 0.15) is 0 Å². The maximum Gasteiger partial charge on any atom is 0.310 e. The average molecular weight is 145 g/mol. The van der Waals surface area contributed by atoms with Gasteiger partial charge >= 0.3 is 5.97 Å². The van der Waals surface area contributed by atoms with Crippen LogP contribution in [-0.2, 0) is 9.53 Å². The molecule has 4 nitrogen and oxygen atoms in total. The lowest BCUT2D eigenvalue weighted by Crippen LogP contribution is -2.28. The van der Waals surface area contributed by atoms with E-state index >= 15 is 0 Å². The molecule has 0 saturated carbocycles. The summed E-state index contributed by atoms with van der Waals surface area (Å²) < 4.78 is 5.03. The van der Waals surface area contributed by atoms with Crippen LogP contribution in [0.4, 0.5) is 0 Å². The van der Waals surface area contributed by atoms with Gasteiger partial charge in [-0.2, -0.15) is 0 Å². The quantitative estimate of drug-likeness (QED) is 0.512. The first-order valence-corrected chi connectivity index (χ1v) is 3.32. The second-order valence-electron chi connectivity index (χ2n) is 2.31. The van der Waals surface area contributed by atoms with Gasteiger partial charge in [0.15, 0.2) is 0 Å². The van der Waals surface area contributed by atoms with Gasteiger partial charge in [-0.15, -0.1) is 0 Å². The molecule has 0 aromatic heterocycles. The predicted octanol–water partition coefficient (Wildman–Crippen LogP) is -0.693. The van der Waals surface area contributed by atoms with Crippen LogP contribution in [0.3, 0.4) is 0 Å². The van der Waals surface area contributed by atoms with Gasteiger partial charge < -0.3 is 15.2 Å². The standard InChI is InChI=1S/C6H11NO3/c8-6(9)5-3-7-1-2-10-4-5/h5,7H,1-4H2,(H,8,9). The van der Waals surface area contributed by atoms with E-state index in [2.05, 4.69) is 5.32 Å². The normalized spacial score (nSPS) is 27.4. The molecule has 0 aliphatic carbocycles. The van der Waals surface area contributed by atoms with Gasteiger partial charge in [-0.3, -0.25) is 4.79 Å². The van der Waals surface area contributed by atoms with Crippen LogP contribution >= 0.6 is 0 Å². The third kappa shape index (κ3) is 1.97. The Labute approximate surface area is 59.2 Å². The Balaban J connectivity index is 2.35. The summed E-state index contributed by atoms with van der Waals surface area (Å²) in [6, 6.07) is 0. The van der Waals surface area contributed by atoms with Crippen LogP contribution in [0.5, 0.6) is 0 Å². The zero-order valence-electron chi connectivity index (χ0n) is 5.67. The van der Waals surface area contributed by atoms with Crippen molar-refractivity contribution in [3.05, 3.63) is 0 Å². The summed E-state index contributed by atoms with van der Waals surface area (Å²) in [7, 11) is 0. The van der Waals surface area contributed by atoms with E-state index in [0.29, 0.717) is 19.8 Å². The second kappa shape index (κ2) is 3.53. The molecule has 1 aliphatic rings. The highest BCUT2D eigenvalue weighted by Crippen LogP contribution is 1.98. The van der Waals surface area contributed by atoms with Crippen molar-refractivity contribution in [2.75, 3.05) is 26.3 Å². The minimum Gasteiger partial charge on any atom is -0.481 e. The minimum absolute atomic E-state index is 0.336. The van der Waals surface area contributed by atoms with Crippen LogP contribution in [0, 0.1) is 5.92 Å². The number of ether oxygens (including phenoxy) is 1. The predicted molar refractivity (Wildman–Crippen MR) is 34.8 cm³/mol. The lowest BCUT2D eigenvalue weighted by Gasteiger charge is -2.05. The van der Waals surface area contributed by atoms with E-state index in [9.17, 15) is 4.79 Å². The van der Waals surface area contributed by atoms with Crippen LogP contribution in [0.1, 0.15) is 0 Å². The third-order valence-electron chi connectivity index (χ3n) is 1.48. The van der Waals surface area contributed by atoms with E-state index in [1.54, 1.807) is 0 Å². The average Bonchev–Trinajstić information content (AvgIpc) is 2.12. The summed E-state index contributed by atoms with van der Waals surface area (Å²) in [6.07, 6.45) is 0. The highest BCUT2D eigenvalue weighted by molar-refractivity contribution is 5.70. The Hall–Kier alpha value is -0.610. The summed E-state index contributed by atoms with van der Waals surface area (Å²) in [4.78, 5) is 10.4. The van der Waals surface area contributed by atoms with E-state index < -0.39 is 5.97 Å². The topological polar surface area (TPSA) is 58.6 Å². The molecule has 0 aromatic rings. The largest absolute Gasteiger partial charge is 0.481 e. The molecule has 2 N–H and O–H groups in total. The molecule has 1 fully saturated rings. The summed E-state index contributed by atoms with van der Waals surface area (Å²) in [6.45, 7) is 2.23. The molecule has 0 amide bonds. The maximum absolute atomic E-state index is 10.4. The number of hydrogen-bond donors (Lipinski definition) is 2. The van der Waals surface area contributed by atoms with Gasteiger partial charge in [0.25, 0.3) is 0 Å². The highest BCUT2D eigenvalue weighted by atomic mass is 16.5. The second-order valence-corrected chi connectivity index (χ2v) is 2.31. The molecular weight excluding hydrogens is 134 g/mol. The van der Waals surface area contributed by atoms with E-state index in [1.165, 1.54) is 0 Å². The van der Waals surface area contributed by atoms with Crippen molar-refractivity contribution in [2.45, 2.75) is 0 Å². The lowest BCUT2D eigenvalue weighted by atomic mass is 10.2. The summed E-state index contributed by atoms with van der Waals surface area (Å²) in [5.74, 6) is -1.16. The Morgan fingerprint density at radius 2 is 2.50 bits per heavy atom. The van der Waals surface area contributed by atoms with Gasteiger partial charge in [0, 0.05) is 13.1 Å². The highest BCUT2D eigenvalue weighted by Gasteiger charge is 2.18. The van der Waals surface area contributed by atoms with Gasteiger partial charge in [0.2, 0.25) is 0 Å². The van der Waals surface area contributed by atoms with Crippen LogP contribution in [0.2, 0.25) is 0 Å².